The molecule has 2 aromatic heterocycles. The van der Waals surface area contributed by atoms with E-state index in [0.29, 0.717) is 17.5 Å². The van der Waals surface area contributed by atoms with Gasteiger partial charge in [-0.05, 0) is 92.2 Å². The minimum atomic E-state index is 0.576. The summed E-state index contributed by atoms with van der Waals surface area (Å²) >= 11 is 0. The molecule has 11 aromatic rings. The van der Waals surface area contributed by atoms with Gasteiger partial charge in [0.1, 0.15) is 11.2 Å². The van der Waals surface area contributed by atoms with Gasteiger partial charge in [-0.3, -0.25) is 0 Å². The molecule has 0 amide bonds. The van der Waals surface area contributed by atoms with Crippen LogP contribution in [0.2, 0.25) is 0 Å². The van der Waals surface area contributed by atoms with Crippen LogP contribution in [-0.2, 0) is 0 Å². The summed E-state index contributed by atoms with van der Waals surface area (Å²) in [7, 11) is 0. The molecule has 4 heteroatoms. The van der Waals surface area contributed by atoms with Crippen molar-refractivity contribution < 1.29 is 4.42 Å². The van der Waals surface area contributed by atoms with Crippen molar-refractivity contribution in [3.63, 3.8) is 0 Å². The Morgan fingerprint density at radius 1 is 0.288 bits per heavy atom. The third kappa shape index (κ3) is 6.43. The fourth-order valence-electron chi connectivity index (χ4n) is 8.14. The molecule has 11 rings (SSSR count). The molecule has 0 aliphatic carbocycles. The van der Waals surface area contributed by atoms with Crippen LogP contribution in [0.15, 0.2) is 217 Å². The Kier molecular flexibility index (Phi) is 8.45. The highest BCUT2D eigenvalue weighted by Crippen LogP contribution is 2.43. The van der Waals surface area contributed by atoms with Gasteiger partial charge in [0.25, 0.3) is 0 Å². The van der Waals surface area contributed by atoms with Gasteiger partial charge in [-0.15, -0.1) is 0 Å². The minimum Gasteiger partial charge on any atom is -0.455 e. The van der Waals surface area contributed by atoms with Crippen molar-refractivity contribution in [1.29, 1.82) is 0 Å². The molecule has 59 heavy (non-hydrogen) atoms. The standard InChI is InChI=1S/C55H35N3O/c1-5-15-36(16-6-1)39-25-27-40(28-26-39)47-29-30-48(51-49-34-42-23-13-14-24-43(42)35-50(49)59-52(47)51)55-57-53(41-21-11-4-12-22-41)56-54(58-55)46-32-44(37-17-7-2-8-18-37)31-45(33-46)38-19-9-3-10-20-38/h1-35H. The number of rotatable bonds is 7. The van der Waals surface area contributed by atoms with Crippen molar-refractivity contribution in [2.45, 2.75) is 0 Å². The summed E-state index contributed by atoms with van der Waals surface area (Å²) in [6.45, 7) is 0. The van der Waals surface area contributed by atoms with Crippen molar-refractivity contribution in [1.82, 2.24) is 15.0 Å². The molecule has 0 fully saturated rings. The van der Waals surface area contributed by atoms with E-state index in [0.717, 1.165) is 88.3 Å². The molecule has 4 nitrogen and oxygen atoms in total. The maximum Gasteiger partial charge on any atom is 0.164 e. The molecule has 276 valence electrons. The number of benzene rings is 9. The fraction of sp³-hybridized carbons (Fsp3) is 0. The largest absolute Gasteiger partial charge is 0.455 e. The van der Waals surface area contributed by atoms with Gasteiger partial charge >= 0.3 is 0 Å². The number of aromatic nitrogens is 3. The number of fused-ring (bicyclic) bond motifs is 4. The van der Waals surface area contributed by atoms with E-state index in [1.54, 1.807) is 0 Å². The molecule has 0 atom stereocenters. The predicted molar refractivity (Wildman–Crippen MR) is 243 cm³/mol. The summed E-state index contributed by atoms with van der Waals surface area (Å²) in [4.78, 5) is 15.8. The second kappa shape index (κ2) is 14.5. The first-order chi connectivity index (χ1) is 29.2. The Bertz CT molecular complexity index is 3230. The van der Waals surface area contributed by atoms with Gasteiger partial charge in [0, 0.05) is 33.0 Å². The zero-order chi connectivity index (χ0) is 39.1. The topological polar surface area (TPSA) is 51.8 Å². The first-order valence-electron chi connectivity index (χ1n) is 19.8. The quantitative estimate of drug-likeness (QED) is 0.163. The lowest BCUT2D eigenvalue weighted by Gasteiger charge is -2.13. The van der Waals surface area contributed by atoms with Gasteiger partial charge in [-0.25, -0.2) is 15.0 Å². The Labute approximate surface area is 341 Å². The molecule has 0 saturated heterocycles. The predicted octanol–water partition coefficient (Wildman–Crippen LogP) is 14.6. The van der Waals surface area contributed by atoms with Gasteiger partial charge in [0.2, 0.25) is 0 Å². The molecule has 0 spiro atoms. The molecular formula is C55H35N3O. The molecule has 0 N–H and O–H groups in total. The van der Waals surface area contributed by atoms with Crippen LogP contribution in [0.4, 0.5) is 0 Å². The summed E-state index contributed by atoms with van der Waals surface area (Å²) in [5, 5.41) is 4.24. The van der Waals surface area contributed by atoms with Crippen LogP contribution >= 0.6 is 0 Å². The van der Waals surface area contributed by atoms with Crippen LogP contribution in [0.3, 0.4) is 0 Å². The molecule has 0 saturated carbocycles. The highest BCUT2D eigenvalue weighted by Gasteiger charge is 2.22. The van der Waals surface area contributed by atoms with Crippen molar-refractivity contribution in [3.05, 3.63) is 212 Å². The maximum absolute atomic E-state index is 6.91. The van der Waals surface area contributed by atoms with Crippen LogP contribution < -0.4 is 0 Å². The third-order valence-corrected chi connectivity index (χ3v) is 11.1. The van der Waals surface area contributed by atoms with Gasteiger partial charge in [0.15, 0.2) is 17.5 Å². The van der Waals surface area contributed by atoms with Gasteiger partial charge in [-0.1, -0.05) is 170 Å². The minimum absolute atomic E-state index is 0.576. The van der Waals surface area contributed by atoms with E-state index in [9.17, 15) is 0 Å². The van der Waals surface area contributed by atoms with Crippen LogP contribution in [0, 0.1) is 0 Å². The van der Waals surface area contributed by atoms with E-state index in [2.05, 4.69) is 176 Å². The lowest BCUT2D eigenvalue weighted by Crippen LogP contribution is -2.01. The normalized spacial score (nSPS) is 11.4. The zero-order valence-corrected chi connectivity index (χ0v) is 32.0. The Balaban J connectivity index is 1.16. The van der Waals surface area contributed by atoms with Gasteiger partial charge in [0.05, 0.1) is 0 Å². The van der Waals surface area contributed by atoms with Crippen LogP contribution in [0.5, 0.6) is 0 Å². The lowest BCUT2D eigenvalue weighted by molar-refractivity contribution is 0.670. The zero-order valence-electron chi connectivity index (χ0n) is 32.0. The molecule has 9 aromatic carbocycles. The van der Waals surface area contributed by atoms with Crippen molar-refractivity contribution in [2.24, 2.45) is 0 Å². The molecule has 0 aliphatic rings. The van der Waals surface area contributed by atoms with Crippen LogP contribution in [0.25, 0.3) is 111 Å². The fourth-order valence-corrected chi connectivity index (χ4v) is 8.14. The molecule has 0 radical (unpaired) electrons. The van der Waals surface area contributed by atoms with E-state index < -0.39 is 0 Å². The van der Waals surface area contributed by atoms with E-state index >= 15 is 0 Å². The second-order valence-corrected chi connectivity index (χ2v) is 14.8. The summed E-state index contributed by atoms with van der Waals surface area (Å²) in [5.41, 5.74) is 13.1. The number of nitrogens with zero attached hydrogens (tertiary/aromatic N) is 3. The van der Waals surface area contributed by atoms with Crippen molar-refractivity contribution >= 4 is 32.7 Å². The first kappa shape index (κ1) is 34.3. The molecule has 2 heterocycles. The van der Waals surface area contributed by atoms with Crippen molar-refractivity contribution in [3.8, 4) is 78.7 Å². The smallest absolute Gasteiger partial charge is 0.164 e. The van der Waals surface area contributed by atoms with Crippen LogP contribution in [-0.4, -0.2) is 15.0 Å². The summed E-state index contributed by atoms with van der Waals surface area (Å²) in [5.74, 6) is 1.77. The molecular weight excluding hydrogens is 719 g/mol. The van der Waals surface area contributed by atoms with Crippen molar-refractivity contribution in [2.75, 3.05) is 0 Å². The van der Waals surface area contributed by atoms with Gasteiger partial charge in [-0.2, -0.15) is 0 Å². The highest BCUT2D eigenvalue weighted by molar-refractivity contribution is 6.18. The average Bonchev–Trinajstić information content (AvgIpc) is 3.69. The average molecular weight is 754 g/mol. The first-order valence-corrected chi connectivity index (χ1v) is 19.8. The summed E-state index contributed by atoms with van der Waals surface area (Å²) in [6.07, 6.45) is 0. The SMILES string of the molecule is c1ccc(-c2ccc(-c3ccc(-c4nc(-c5ccccc5)nc(-c5cc(-c6ccccc6)cc(-c6ccccc6)c5)n4)c4c3oc3cc5ccccc5cc34)cc2)cc1. The monoisotopic (exact) mass is 753 g/mol. The Morgan fingerprint density at radius 3 is 1.31 bits per heavy atom. The van der Waals surface area contributed by atoms with E-state index in [1.165, 1.54) is 5.56 Å². The van der Waals surface area contributed by atoms with E-state index in [4.69, 9.17) is 19.4 Å². The Morgan fingerprint density at radius 2 is 0.712 bits per heavy atom. The number of furan rings is 1. The maximum atomic E-state index is 6.91. The highest BCUT2D eigenvalue weighted by atomic mass is 16.3. The molecule has 0 aliphatic heterocycles. The second-order valence-electron chi connectivity index (χ2n) is 14.8. The lowest BCUT2D eigenvalue weighted by atomic mass is 9.95. The van der Waals surface area contributed by atoms with Gasteiger partial charge < -0.3 is 4.42 Å². The van der Waals surface area contributed by atoms with E-state index in [1.807, 2.05) is 36.4 Å². The molecule has 0 unspecified atom stereocenters. The summed E-state index contributed by atoms with van der Waals surface area (Å²) in [6, 6.07) is 74.0. The summed E-state index contributed by atoms with van der Waals surface area (Å²) < 4.78 is 6.91. The van der Waals surface area contributed by atoms with Crippen LogP contribution in [0.1, 0.15) is 0 Å². The molecule has 0 bridgehead atoms. The third-order valence-electron chi connectivity index (χ3n) is 11.1. The number of hydrogen-bond donors (Lipinski definition) is 0. The van der Waals surface area contributed by atoms with E-state index in [-0.39, 0.29) is 0 Å². The Hall–Kier alpha value is -7.95. The number of hydrogen-bond acceptors (Lipinski definition) is 4.